The lowest BCUT2D eigenvalue weighted by Gasteiger charge is -2.35. The Morgan fingerprint density at radius 1 is 1.19 bits per heavy atom. The number of hydrogen-bond donors (Lipinski definition) is 2. The molecule has 1 aliphatic heterocycles. The van der Waals surface area contributed by atoms with Gasteiger partial charge in [0.1, 0.15) is 17.9 Å². The van der Waals surface area contributed by atoms with Crippen molar-refractivity contribution in [1.82, 2.24) is 24.4 Å². The molecule has 4 unspecified atom stereocenters. The summed E-state index contributed by atoms with van der Waals surface area (Å²) in [5, 5.41) is 9.36. The van der Waals surface area contributed by atoms with E-state index in [4.69, 9.17) is 15.2 Å². The molecule has 2 aliphatic carbocycles. The summed E-state index contributed by atoms with van der Waals surface area (Å²) in [7, 11) is 0. The van der Waals surface area contributed by atoms with E-state index in [1.54, 1.807) is 0 Å². The second kappa shape index (κ2) is 8.85. The molecule has 0 radical (unpaired) electrons. The maximum absolute atomic E-state index is 9.36. The highest BCUT2D eigenvalue weighted by molar-refractivity contribution is 5.81. The van der Waals surface area contributed by atoms with Crippen LogP contribution < -0.4 is 5.73 Å². The number of nitrogens with two attached hydrogens (primary N) is 1. The van der Waals surface area contributed by atoms with Crippen molar-refractivity contribution < 1.29 is 14.6 Å². The first-order valence-electron chi connectivity index (χ1n) is 12.1. The molecule has 2 aromatic rings. The van der Waals surface area contributed by atoms with Crippen LogP contribution in [0.25, 0.3) is 11.2 Å². The molecule has 1 spiro atoms. The number of rotatable bonds is 7. The number of nitrogens with zero attached hydrogens (tertiary/aromatic N) is 5. The van der Waals surface area contributed by atoms with E-state index in [1.807, 2.05) is 6.33 Å². The lowest BCUT2D eigenvalue weighted by molar-refractivity contribution is -0.205. The van der Waals surface area contributed by atoms with Gasteiger partial charge < -0.3 is 29.8 Å². The van der Waals surface area contributed by atoms with E-state index < -0.39 is 5.79 Å². The zero-order chi connectivity index (χ0) is 22.3. The molecule has 3 aliphatic rings. The van der Waals surface area contributed by atoms with Crippen LogP contribution in [0.3, 0.4) is 0 Å². The summed E-state index contributed by atoms with van der Waals surface area (Å²) in [6.07, 6.45) is 10.6. The molecular formula is C23H36N6O3. The molecule has 0 aromatic carbocycles. The lowest BCUT2D eigenvalue weighted by atomic mass is 9.94. The molecule has 9 heteroatoms. The predicted octanol–water partition coefficient (Wildman–Crippen LogP) is 2.51. The van der Waals surface area contributed by atoms with Gasteiger partial charge in [0.2, 0.25) is 0 Å². The van der Waals surface area contributed by atoms with Gasteiger partial charge in [0.25, 0.3) is 0 Å². The van der Waals surface area contributed by atoms with Crippen molar-refractivity contribution in [1.29, 1.82) is 0 Å². The summed E-state index contributed by atoms with van der Waals surface area (Å²) in [6.45, 7) is 6.47. The van der Waals surface area contributed by atoms with Crippen molar-refractivity contribution in [3.8, 4) is 0 Å². The van der Waals surface area contributed by atoms with Crippen molar-refractivity contribution in [3.63, 3.8) is 0 Å². The van der Waals surface area contributed by atoms with Crippen molar-refractivity contribution in [2.75, 3.05) is 25.4 Å². The Labute approximate surface area is 189 Å². The first kappa shape index (κ1) is 22.0. The second-order valence-corrected chi connectivity index (χ2v) is 9.95. The highest BCUT2D eigenvalue weighted by Gasteiger charge is 2.58. The molecule has 9 nitrogen and oxygen atoms in total. The fourth-order valence-corrected chi connectivity index (χ4v) is 5.92. The summed E-state index contributed by atoms with van der Waals surface area (Å²) < 4.78 is 15.7. The van der Waals surface area contributed by atoms with Gasteiger partial charge in [-0.05, 0) is 39.5 Å². The molecule has 1 saturated heterocycles. The fraction of sp³-hybridized carbons (Fsp3) is 0.783. The third-order valence-corrected chi connectivity index (χ3v) is 7.58. The number of hydrogen-bond acceptors (Lipinski definition) is 8. The van der Waals surface area contributed by atoms with Crippen LogP contribution in [0.4, 0.5) is 5.82 Å². The van der Waals surface area contributed by atoms with Gasteiger partial charge in [0, 0.05) is 44.5 Å². The molecule has 3 N–H and O–H groups in total. The number of anilines is 1. The molecule has 0 amide bonds. The molecule has 2 saturated carbocycles. The van der Waals surface area contributed by atoms with Gasteiger partial charge in [-0.15, -0.1) is 0 Å². The van der Waals surface area contributed by atoms with E-state index in [0.717, 1.165) is 57.3 Å². The summed E-state index contributed by atoms with van der Waals surface area (Å²) in [5.74, 6) is 0.300. The quantitative estimate of drug-likeness (QED) is 0.670. The summed E-state index contributed by atoms with van der Waals surface area (Å²) >= 11 is 0. The number of fused-ring (bicyclic) bond motifs is 2. The Morgan fingerprint density at radius 2 is 1.97 bits per heavy atom. The molecule has 0 bridgehead atoms. The number of imidazole rings is 1. The highest BCUT2D eigenvalue weighted by atomic mass is 16.8. The van der Waals surface area contributed by atoms with Gasteiger partial charge in [0.05, 0.1) is 18.5 Å². The van der Waals surface area contributed by atoms with Gasteiger partial charge in [0.15, 0.2) is 17.3 Å². The molecule has 3 fully saturated rings. The normalized spacial score (nSPS) is 29.5. The van der Waals surface area contributed by atoms with E-state index in [9.17, 15) is 5.11 Å². The fourth-order valence-electron chi connectivity index (χ4n) is 5.92. The number of ether oxygens (including phenoxy) is 2. The Bertz CT molecular complexity index is 928. The minimum absolute atomic E-state index is 0.0291. The van der Waals surface area contributed by atoms with Crippen molar-refractivity contribution in [2.45, 2.75) is 88.9 Å². The summed E-state index contributed by atoms with van der Waals surface area (Å²) in [5.41, 5.74) is 7.45. The van der Waals surface area contributed by atoms with Crippen LogP contribution in [0, 0.1) is 5.92 Å². The maximum Gasteiger partial charge on any atom is 0.169 e. The minimum atomic E-state index is -0.442. The number of aromatic nitrogens is 4. The van der Waals surface area contributed by atoms with Gasteiger partial charge >= 0.3 is 0 Å². The highest BCUT2D eigenvalue weighted by Crippen LogP contribution is 2.51. The maximum atomic E-state index is 9.36. The Hall–Kier alpha value is -1.81. The lowest BCUT2D eigenvalue weighted by Crippen LogP contribution is -2.40. The number of nitrogen functional groups attached to an aromatic ring is 1. The van der Waals surface area contributed by atoms with Gasteiger partial charge in [-0.2, -0.15) is 0 Å². The zero-order valence-corrected chi connectivity index (χ0v) is 19.2. The summed E-state index contributed by atoms with van der Waals surface area (Å²) in [6, 6.07) is 0.504. The van der Waals surface area contributed by atoms with Crippen LogP contribution in [0.5, 0.6) is 0 Å². The van der Waals surface area contributed by atoms with Crippen molar-refractivity contribution >= 4 is 17.0 Å². The average Bonchev–Trinajstić information content (AvgIpc) is 3.45. The number of aliphatic hydroxyl groups excluding tert-OH is 1. The second-order valence-electron chi connectivity index (χ2n) is 9.95. The Kier molecular flexibility index (Phi) is 6.09. The van der Waals surface area contributed by atoms with Crippen LogP contribution in [0.15, 0.2) is 12.7 Å². The van der Waals surface area contributed by atoms with Crippen LogP contribution in [0.2, 0.25) is 0 Å². The third kappa shape index (κ3) is 3.89. The predicted molar refractivity (Wildman–Crippen MR) is 121 cm³/mol. The first-order valence-corrected chi connectivity index (χ1v) is 12.1. The number of aliphatic hydroxyl groups is 1. The SMILES string of the molecule is CC(C)N(CCCO)CC1CC(n2cnc3c(N)ncnc32)C2OC3(CCCCC3)OC12. The Morgan fingerprint density at radius 3 is 2.72 bits per heavy atom. The standard InChI is InChI=1S/C23H36N6O3/c1-15(2)28(9-6-10-30)12-16-11-17(29-14-27-18-21(24)25-13-26-22(18)29)20-19(16)31-23(32-20)7-4-3-5-8-23/h13-17,19-20,30H,3-12H2,1-2H3,(H2,24,25,26). The molecular weight excluding hydrogens is 408 g/mol. The zero-order valence-electron chi connectivity index (χ0n) is 19.2. The molecule has 4 atom stereocenters. The first-order chi connectivity index (χ1) is 15.5. The monoisotopic (exact) mass is 444 g/mol. The molecule has 32 heavy (non-hydrogen) atoms. The van der Waals surface area contributed by atoms with E-state index >= 15 is 0 Å². The van der Waals surface area contributed by atoms with Gasteiger partial charge in [-0.3, -0.25) is 0 Å². The van der Waals surface area contributed by atoms with E-state index in [-0.39, 0.29) is 24.9 Å². The van der Waals surface area contributed by atoms with Crippen molar-refractivity contribution in [2.24, 2.45) is 5.92 Å². The summed E-state index contributed by atoms with van der Waals surface area (Å²) in [4.78, 5) is 15.6. The van der Waals surface area contributed by atoms with Crippen LogP contribution >= 0.6 is 0 Å². The molecule has 176 valence electrons. The Balaban J connectivity index is 1.45. The molecule has 3 heterocycles. The van der Waals surface area contributed by atoms with Crippen molar-refractivity contribution in [3.05, 3.63) is 12.7 Å². The van der Waals surface area contributed by atoms with Gasteiger partial charge in [-0.1, -0.05) is 6.42 Å². The van der Waals surface area contributed by atoms with E-state index in [0.29, 0.717) is 23.3 Å². The van der Waals surface area contributed by atoms with Crippen LogP contribution in [0.1, 0.15) is 64.8 Å². The molecule has 2 aromatic heterocycles. The largest absolute Gasteiger partial charge is 0.396 e. The topological polar surface area (TPSA) is 112 Å². The average molecular weight is 445 g/mol. The molecule has 5 rings (SSSR count). The van der Waals surface area contributed by atoms with Crippen LogP contribution in [-0.4, -0.2) is 73.3 Å². The minimum Gasteiger partial charge on any atom is -0.396 e. The smallest absolute Gasteiger partial charge is 0.169 e. The third-order valence-electron chi connectivity index (χ3n) is 7.58. The van der Waals surface area contributed by atoms with E-state index in [2.05, 4.69) is 38.3 Å². The van der Waals surface area contributed by atoms with E-state index in [1.165, 1.54) is 12.7 Å². The van der Waals surface area contributed by atoms with Gasteiger partial charge in [-0.25, -0.2) is 15.0 Å². The van der Waals surface area contributed by atoms with Crippen LogP contribution in [-0.2, 0) is 9.47 Å².